The summed E-state index contributed by atoms with van der Waals surface area (Å²) in [5.41, 5.74) is 0. The van der Waals surface area contributed by atoms with Crippen LogP contribution >= 0.6 is 0 Å². The molecule has 2 bridgehead atoms. The molecule has 2 heterocycles. The highest BCUT2D eigenvalue weighted by Gasteiger charge is 2.53. The SMILES string of the molecule is C=CC[C@H]1[C@H]2C[C@@H](C(=O)N(CC=C)C2=O)C(=O)N1CC=C. The van der Waals surface area contributed by atoms with Crippen LogP contribution in [-0.4, -0.2) is 46.7 Å². The zero-order valence-electron chi connectivity index (χ0n) is 12.0. The van der Waals surface area contributed by atoms with Gasteiger partial charge in [-0.05, 0) is 12.8 Å². The lowest BCUT2D eigenvalue weighted by Crippen LogP contribution is -2.64. The highest BCUT2D eigenvalue weighted by Crippen LogP contribution is 2.37. The minimum absolute atomic E-state index is 0.153. The van der Waals surface area contributed by atoms with Gasteiger partial charge in [-0.1, -0.05) is 18.2 Å². The highest BCUT2D eigenvalue weighted by atomic mass is 16.2. The smallest absolute Gasteiger partial charge is 0.242 e. The maximum absolute atomic E-state index is 12.5. The molecule has 0 N–H and O–H groups in total. The Morgan fingerprint density at radius 3 is 2.19 bits per heavy atom. The topological polar surface area (TPSA) is 57.7 Å². The second-order valence-electron chi connectivity index (χ2n) is 5.34. The van der Waals surface area contributed by atoms with Crippen molar-refractivity contribution in [2.75, 3.05) is 13.1 Å². The van der Waals surface area contributed by atoms with Gasteiger partial charge < -0.3 is 4.90 Å². The van der Waals surface area contributed by atoms with Gasteiger partial charge in [0.15, 0.2) is 0 Å². The molecule has 21 heavy (non-hydrogen) atoms. The van der Waals surface area contributed by atoms with Gasteiger partial charge in [-0.3, -0.25) is 19.3 Å². The van der Waals surface area contributed by atoms with Gasteiger partial charge >= 0.3 is 0 Å². The number of hydrogen-bond acceptors (Lipinski definition) is 3. The van der Waals surface area contributed by atoms with Crippen LogP contribution < -0.4 is 0 Å². The minimum Gasteiger partial charge on any atom is -0.334 e. The van der Waals surface area contributed by atoms with Crippen LogP contribution in [0.15, 0.2) is 38.0 Å². The van der Waals surface area contributed by atoms with Crippen molar-refractivity contribution >= 4 is 17.7 Å². The fourth-order valence-corrected chi connectivity index (χ4v) is 3.20. The van der Waals surface area contributed by atoms with Gasteiger partial charge in [-0.25, -0.2) is 0 Å². The van der Waals surface area contributed by atoms with E-state index in [-0.39, 0.29) is 30.3 Å². The summed E-state index contributed by atoms with van der Waals surface area (Å²) in [6.45, 7) is 11.4. The molecule has 3 amide bonds. The van der Waals surface area contributed by atoms with Crippen molar-refractivity contribution in [2.45, 2.75) is 18.9 Å². The molecule has 5 nitrogen and oxygen atoms in total. The number of fused-ring (bicyclic) bond motifs is 2. The summed E-state index contributed by atoms with van der Waals surface area (Å²) in [6, 6.07) is -0.253. The van der Waals surface area contributed by atoms with E-state index in [2.05, 4.69) is 19.7 Å². The van der Waals surface area contributed by atoms with Crippen molar-refractivity contribution in [1.29, 1.82) is 0 Å². The van der Waals surface area contributed by atoms with Crippen molar-refractivity contribution in [3.8, 4) is 0 Å². The third-order valence-corrected chi connectivity index (χ3v) is 4.13. The van der Waals surface area contributed by atoms with Crippen molar-refractivity contribution in [1.82, 2.24) is 9.80 Å². The summed E-state index contributed by atoms with van der Waals surface area (Å²) < 4.78 is 0. The fraction of sp³-hybridized carbons (Fsp3) is 0.438. The number of amides is 3. The van der Waals surface area contributed by atoms with Crippen LogP contribution in [0.4, 0.5) is 0 Å². The number of hydrogen-bond donors (Lipinski definition) is 0. The Labute approximate surface area is 124 Å². The van der Waals surface area contributed by atoms with Crippen LogP contribution in [0.1, 0.15) is 12.8 Å². The lowest BCUT2D eigenvalue weighted by Gasteiger charge is -2.47. The molecule has 0 aromatic rings. The molecule has 0 aliphatic carbocycles. The van der Waals surface area contributed by atoms with Crippen LogP contribution in [-0.2, 0) is 14.4 Å². The number of piperidine rings is 2. The maximum Gasteiger partial charge on any atom is 0.242 e. The molecule has 112 valence electrons. The third kappa shape index (κ3) is 2.44. The van der Waals surface area contributed by atoms with Gasteiger partial charge in [0, 0.05) is 19.1 Å². The lowest BCUT2D eigenvalue weighted by molar-refractivity contribution is -0.169. The van der Waals surface area contributed by atoms with Crippen LogP contribution in [0.3, 0.4) is 0 Å². The van der Waals surface area contributed by atoms with Gasteiger partial charge in [-0.2, -0.15) is 0 Å². The molecule has 0 unspecified atom stereocenters. The Balaban J connectivity index is 2.39. The van der Waals surface area contributed by atoms with E-state index in [1.54, 1.807) is 17.1 Å². The normalized spacial score (nSPS) is 28.6. The van der Waals surface area contributed by atoms with E-state index in [0.29, 0.717) is 19.4 Å². The number of rotatable bonds is 6. The van der Waals surface area contributed by atoms with Gasteiger partial charge in [0.05, 0.1) is 5.92 Å². The number of carbonyl (C=O) groups excluding carboxylic acids is 3. The maximum atomic E-state index is 12.5. The quantitative estimate of drug-likeness (QED) is 0.418. The Kier molecular flexibility index (Phi) is 4.40. The summed E-state index contributed by atoms with van der Waals surface area (Å²) in [5.74, 6) is -1.96. The number of carbonyl (C=O) groups is 3. The Bertz CT molecular complexity index is 510. The van der Waals surface area contributed by atoms with E-state index < -0.39 is 11.8 Å². The van der Waals surface area contributed by atoms with Crippen molar-refractivity contribution < 1.29 is 14.4 Å². The Hall–Kier alpha value is -2.17. The highest BCUT2D eigenvalue weighted by molar-refractivity contribution is 6.11. The summed E-state index contributed by atoms with van der Waals surface area (Å²) in [4.78, 5) is 40.1. The molecule has 2 aliphatic heterocycles. The van der Waals surface area contributed by atoms with E-state index in [4.69, 9.17) is 0 Å². The zero-order valence-corrected chi connectivity index (χ0v) is 12.0. The van der Waals surface area contributed by atoms with Crippen LogP contribution in [0.5, 0.6) is 0 Å². The largest absolute Gasteiger partial charge is 0.334 e. The van der Waals surface area contributed by atoms with Crippen LogP contribution in [0.2, 0.25) is 0 Å². The first kappa shape index (κ1) is 15.2. The predicted molar refractivity (Wildman–Crippen MR) is 79.0 cm³/mol. The number of likely N-dealkylation sites (tertiary alicyclic amines) is 2. The average molecular weight is 288 g/mol. The lowest BCUT2D eigenvalue weighted by atomic mass is 9.76. The second-order valence-corrected chi connectivity index (χ2v) is 5.34. The van der Waals surface area contributed by atoms with Gasteiger partial charge in [0.2, 0.25) is 17.7 Å². The first-order valence-electron chi connectivity index (χ1n) is 7.05. The molecule has 0 saturated carbocycles. The van der Waals surface area contributed by atoms with E-state index in [9.17, 15) is 14.4 Å². The van der Waals surface area contributed by atoms with Gasteiger partial charge in [0.25, 0.3) is 0 Å². The molecule has 2 rings (SSSR count). The standard InChI is InChI=1S/C16H20N2O3/c1-4-7-13-11-10-12(15(20)17(13)8-5-2)16(21)18(9-6-3)14(11)19/h4-6,11-13H,1-3,7-10H2/t11-,12-,13+/m1/s1. The first-order chi connectivity index (χ1) is 10.1. The molecule has 5 heteroatoms. The molecule has 2 aliphatic rings. The minimum atomic E-state index is -0.756. The summed E-state index contributed by atoms with van der Waals surface area (Å²) in [6.07, 6.45) is 5.65. The van der Waals surface area contributed by atoms with Crippen molar-refractivity contribution in [2.24, 2.45) is 11.8 Å². The van der Waals surface area contributed by atoms with Gasteiger partial charge in [-0.15, -0.1) is 19.7 Å². The second kappa shape index (κ2) is 6.08. The fourth-order valence-electron chi connectivity index (χ4n) is 3.20. The molecular weight excluding hydrogens is 268 g/mol. The molecule has 3 atom stereocenters. The summed E-state index contributed by atoms with van der Waals surface area (Å²) in [7, 11) is 0. The van der Waals surface area contributed by atoms with Crippen LogP contribution in [0, 0.1) is 11.8 Å². The summed E-state index contributed by atoms with van der Waals surface area (Å²) in [5, 5.41) is 0. The molecule has 0 aromatic carbocycles. The van der Waals surface area contributed by atoms with E-state index >= 15 is 0 Å². The zero-order chi connectivity index (χ0) is 15.6. The van der Waals surface area contributed by atoms with E-state index in [0.717, 1.165) is 4.90 Å². The molecule has 0 radical (unpaired) electrons. The monoisotopic (exact) mass is 288 g/mol. The van der Waals surface area contributed by atoms with E-state index in [1.807, 2.05) is 0 Å². The number of nitrogens with zero attached hydrogens (tertiary/aromatic N) is 2. The molecular formula is C16H20N2O3. The molecule has 0 spiro atoms. The molecule has 0 aromatic heterocycles. The average Bonchev–Trinajstić information content (AvgIpc) is 2.46. The Morgan fingerprint density at radius 1 is 0.952 bits per heavy atom. The molecule has 2 saturated heterocycles. The van der Waals surface area contributed by atoms with Crippen LogP contribution in [0.25, 0.3) is 0 Å². The molecule has 2 fully saturated rings. The number of imide groups is 1. The Morgan fingerprint density at radius 2 is 1.62 bits per heavy atom. The van der Waals surface area contributed by atoms with E-state index in [1.165, 1.54) is 6.08 Å². The summed E-state index contributed by atoms with van der Waals surface area (Å²) >= 11 is 0. The third-order valence-electron chi connectivity index (χ3n) is 4.13. The van der Waals surface area contributed by atoms with Crippen molar-refractivity contribution in [3.63, 3.8) is 0 Å². The first-order valence-corrected chi connectivity index (χ1v) is 7.05. The predicted octanol–water partition coefficient (Wildman–Crippen LogP) is 1.14. The van der Waals surface area contributed by atoms with Gasteiger partial charge in [0.1, 0.15) is 5.92 Å². The van der Waals surface area contributed by atoms with Crippen molar-refractivity contribution in [3.05, 3.63) is 38.0 Å².